The maximum atomic E-state index is 4.82. The molecule has 0 bridgehead atoms. The molecular formula is C99H75N11. The minimum absolute atomic E-state index is 0.682. The lowest BCUT2D eigenvalue weighted by molar-refractivity contribution is 0.991. The standard InChI is InChI=1S/2C28H21N3.C26H19N3.C17H14N2/c1-20-29-27(23-15-9-4-10-16-23)31-28(30-20)26-18-24(21-11-5-2-6-12-21)17-25(19-26)22-13-7-3-8-14-22;1-20-29-27(25-10-6-3-7-11-25)31-28(30-20)26-18-16-24(17-19-26)23-14-12-22(13-15-23)21-8-4-2-5-9-21;1-18-27-25(21-8-3-2-4-9-21)29-26(28-18)22-14-11-20(12-15-22)24-16-13-19-7-5-6-10-23(19)17-24;1-13-12-16(14-8-4-2-5-9-14)19-17(18-13)15-10-6-3-7-11-15/h2*2-19H,1H3;2-17H,1H3;2-12H,1H3. The number of hydrogen-bond donors (Lipinski definition) is 0. The number of benzene rings is 14. The third-order valence-electron chi connectivity index (χ3n) is 18.4. The molecule has 11 heteroatoms. The third kappa shape index (κ3) is 17.9. The zero-order valence-corrected chi connectivity index (χ0v) is 61.3. The van der Waals surface area contributed by atoms with Gasteiger partial charge in [0.1, 0.15) is 17.5 Å². The zero-order valence-electron chi connectivity index (χ0n) is 61.3. The Hall–Kier alpha value is -14.6. The SMILES string of the molecule is Cc1cc(-c2ccccc2)nc(-c2ccccc2)n1.Cc1nc(-c2ccccc2)nc(-c2cc(-c3ccccc3)cc(-c3ccccc3)c2)n1.Cc1nc(-c2ccccc2)nc(-c2ccc(-c3ccc(-c4ccccc4)cc3)cc2)n1.Cc1nc(-c2ccccc2)nc(-c2ccc(-c3ccc4ccccc4c3)cc2)n1. The van der Waals surface area contributed by atoms with E-state index in [-0.39, 0.29) is 0 Å². The Kier molecular flexibility index (Phi) is 22.1. The summed E-state index contributed by atoms with van der Waals surface area (Å²) in [5.41, 5.74) is 21.8. The van der Waals surface area contributed by atoms with Crippen molar-refractivity contribution in [3.8, 4) is 147 Å². The summed E-state index contributed by atoms with van der Waals surface area (Å²) >= 11 is 0. The lowest BCUT2D eigenvalue weighted by Crippen LogP contribution is -2.00. The first kappa shape index (κ1) is 71.1. The van der Waals surface area contributed by atoms with Crippen LogP contribution in [0.3, 0.4) is 0 Å². The first-order valence-electron chi connectivity index (χ1n) is 36.5. The summed E-state index contributed by atoms with van der Waals surface area (Å²) in [7, 11) is 0. The predicted molar refractivity (Wildman–Crippen MR) is 449 cm³/mol. The van der Waals surface area contributed by atoms with Crippen LogP contribution < -0.4 is 0 Å². The van der Waals surface area contributed by atoms with Crippen LogP contribution in [0.2, 0.25) is 0 Å². The number of hydrogen-bond acceptors (Lipinski definition) is 11. The van der Waals surface area contributed by atoms with Crippen LogP contribution in [0.5, 0.6) is 0 Å². The predicted octanol–water partition coefficient (Wildman–Crippen LogP) is 24.1. The van der Waals surface area contributed by atoms with Crippen LogP contribution in [-0.4, -0.2) is 54.8 Å². The minimum atomic E-state index is 0.682. The highest BCUT2D eigenvalue weighted by molar-refractivity contribution is 5.88. The summed E-state index contributed by atoms with van der Waals surface area (Å²) < 4.78 is 0. The van der Waals surface area contributed by atoms with Crippen LogP contribution >= 0.6 is 0 Å². The van der Waals surface area contributed by atoms with E-state index in [0.29, 0.717) is 52.4 Å². The van der Waals surface area contributed by atoms with Gasteiger partial charge in [0.25, 0.3) is 0 Å². The van der Waals surface area contributed by atoms with Crippen molar-refractivity contribution in [2.24, 2.45) is 0 Å². The van der Waals surface area contributed by atoms with Crippen molar-refractivity contribution < 1.29 is 0 Å². The Labute approximate surface area is 641 Å². The topological polar surface area (TPSA) is 142 Å². The first-order chi connectivity index (χ1) is 54.1. The van der Waals surface area contributed by atoms with E-state index in [9.17, 15) is 0 Å². The van der Waals surface area contributed by atoms with Gasteiger partial charge in [0, 0.05) is 50.2 Å². The Morgan fingerprint density at radius 1 is 0.136 bits per heavy atom. The van der Waals surface area contributed by atoms with E-state index in [1.165, 1.54) is 38.6 Å². The molecule has 4 aromatic heterocycles. The van der Waals surface area contributed by atoms with Crippen LogP contribution in [0.1, 0.15) is 23.2 Å². The van der Waals surface area contributed by atoms with Crippen molar-refractivity contribution >= 4 is 10.8 Å². The smallest absolute Gasteiger partial charge is 0.163 e. The second-order valence-electron chi connectivity index (χ2n) is 26.3. The number of aryl methyl sites for hydroxylation is 4. The van der Waals surface area contributed by atoms with Gasteiger partial charge in [-0.25, -0.2) is 54.8 Å². The fourth-order valence-electron chi connectivity index (χ4n) is 12.9. The summed E-state index contributed by atoms with van der Waals surface area (Å²) in [6.07, 6.45) is 0. The fourth-order valence-corrected chi connectivity index (χ4v) is 12.9. The molecule has 0 aliphatic heterocycles. The number of aromatic nitrogens is 11. The number of fused-ring (bicyclic) bond motifs is 1. The Balaban J connectivity index is 0.000000118. The van der Waals surface area contributed by atoms with Gasteiger partial charge in [-0.1, -0.05) is 352 Å². The van der Waals surface area contributed by atoms with E-state index < -0.39 is 0 Å². The molecule has 14 aromatic carbocycles. The van der Waals surface area contributed by atoms with Gasteiger partial charge in [0.15, 0.2) is 40.8 Å². The summed E-state index contributed by atoms with van der Waals surface area (Å²) in [5.74, 6) is 7.07. The second kappa shape index (κ2) is 34.1. The second-order valence-corrected chi connectivity index (χ2v) is 26.3. The van der Waals surface area contributed by atoms with E-state index in [0.717, 1.165) is 89.5 Å². The Bertz CT molecular complexity index is 5950. The van der Waals surface area contributed by atoms with Gasteiger partial charge in [-0.15, -0.1) is 0 Å². The number of nitrogens with zero attached hydrogens (tertiary/aromatic N) is 11. The monoisotopic (exact) mass is 1420 g/mol. The molecule has 0 radical (unpaired) electrons. The van der Waals surface area contributed by atoms with Gasteiger partial charge >= 0.3 is 0 Å². The van der Waals surface area contributed by atoms with Crippen molar-refractivity contribution in [1.82, 2.24) is 54.8 Å². The van der Waals surface area contributed by atoms with E-state index in [2.05, 4.69) is 258 Å². The van der Waals surface area contributed by atoms with Crippen LogP contribution in [0.15, 0.2) is 382 Å². The van der Waals surface area contributed by atoms with Crippen LogP contribution in [0, 0.1) is 27.7 Å². The first-order valence-corrected chi connectivity index (χ1v) is 36.5. The van der Waals surface area contributed by atoms with Gasteiger partial charge in [0.05, 0.1) is 5.69 Å². The van der Waals surface area contributed by atoms with Gasteiger partial charge < -0.3 is 0 Å². The molecule has 0 aliphatic carbocycles. The van der Waals surface area contributed by atoms with Crippen molar-refractivity contribution in [3.63, 3.8) is 0 Å². The average molecular weight is 1420 g/mol. The summed E-state index contributed by atoms with van der Waals surface area (Å²) in [6, 6.07) is 131. The highest BCUT2D eigenvalue weighted by atomic mass is 15.0. The van der Waals surface area contributed by atoms with Gasteiger partial charge in [-0.3, -0.25) is 0 Å². The fraction of sp³-hybridized carbons (Fsp3) is 0.0404. The van der Waals surface area contributed by atoms with Crippen molar-refractivity contribution in [2.75, 3.05) is 0 Å². The van der Waals surface area contributed by atoms with Crippen molar-refractivity contribution in [2.45, 2.75) is 27.7 Å². The quantitative estimate of drug-likeness (QED) is 0.109. The molecule has 0 N–H and O–H groups in total. The number of rotatable bonds is 13. The highest BCUT2D eigenvalue weighted by Crippen LogP contribution is 2.35. The molecule has 4 heterocycles. The van der Waals surface area contributed by atoms with Gasteiger partial charge in [0.2, 0.25) is 0 Å². The molecule has 0 fully saturated rings. The lowest BCUT2D eigenvalue weighted by atomic mass is 9.96. The van der Waals surface area contributed by atoms with Crippen molar-refractivity contribution in [3.05, 3.63) is 405 Å². The maximum absolute atomic E-state index is 4.82. The average Bonchev–Trinajstić information content (AvgIpc) is 0.814. The molecule has 0 atom stereocenters. The molecule has 0 aliphatic rings. The summed E-state index contributed by atoms with van der Waals surface area (Å²) in [4.78, 5) is 50.8. The molecule has 18 rings (SSSR count). The Morgan fingerprint density at radius 3 is 0.709 bits per heavy atom. The van der Waals surface area contributed by atoms with E-state index in [1.54, 1.807) is 0 Å². The van der Waals surface area contributed by atoms with Crippen molar-refractivity contribution in [1.29, 1.82) is 0 Å². The molecular weight excluding hydrogens is 1340 g/mol. The van der Waals surface area contributed by atoms with Gasteiger partial charge in [-0.05, 0) is 124 Å². The minimum Gasteiger partial charge on any atom is -0.233 e. The Morgan fingerprint density at radius 2 is 0.364 bits per heavy atom. The molecule has 0 saturated carbocycles. The normalized spacial score (nSPS) is 10.7. The van der Waals surface area contributed by atoms with E-state index >= 15 is 0 Å². The molecule has 11 nitrogen and oxygen atoms in total. The summed E-state index contributed by atoms with van der Waals surface area (Å²) in [5, 5.41) is 2.50. The molecule has 18 aromatic rings. The lowest BCUT2D eigenvalue weighted by Gasteiger charge is -2.11. The third-order valence-corrected chi connectivity index (χ3v) is 18.4. The summed E-state index contributed by atoms with van der Waals surface area (Å²) in [6.45, 7) is 7.72. The molecule has 110 heavy (non-hydrogen) atoms. The maximum Gasteiger partial charge on any atom is 0.163 e. The molecule has 0 saturated heterocycles. The highest BCUT2D eigenvalue weighted by Gasteiger charge is 2.16. The van der Waals surface area contributed by atoms with Gasteiger partial charge in [-0.2, -0.15) is 0 Å². The molecule has 0 unspecified atom stereocenters. The molecule has 526 valence electrons. The van der Waals surface area contributed by atoms with Crippen LogP contribution in [-0.2, 0) is 0 Å². The molecule has 0 spiro atoms. The largest absolute Gasteiger partial charge is 0.233 e. The van der Waals surface area contributed by atoms with E-state index in [1.807, 2.05) is 191 Å². The molecule has 0 amide bonds. The van der Waals surface area contributed by atoms with Crippen LogP contribution in [0.25, 0.3) is 157 Å². The van der Waals surface area contributed by atoms with Crippen LogP contribution in [0.4, 0.5) is 0 Å². The zero-order chi connectivity index (χ0) is 74.8. The van der Waals surface area contributed by atoms with E-state index in [4.69, 9.17) is 15.0 Å².